The lowest BCUT2D eigenvalue weighted by atomic mass is 9.79. The van der Waals surface area contributed by atoms with Crippen molar-refractivity contribution in [2.75, 3.05) is 37.6 Å². The summed E-state index contributed by atoms with van der Waals surface area (Å²) in [4.78, 5) is 4.87. The van der Waals surface area contributed by atoms with Crippen LogP contribution < -0.4 is 10.4 Å². The fourth-order valence-electron chi connectivity index (χ4n) is 4.60. The molecule has 2 saturated heterocycles. The number of hydrogen-bond acceptors (Lipinski definition) is 4. The molecule has 0 unspecified atom stereocenters. The van der Waals surface area contributed by atoms with Crippen LogP contribution in [0.25, 0.3) is 0 Å². The first-order valence-electron chi connectivity index (χ1n) is 10.3. The molecule has 4 aliphatic rings. The van der Waals surface area contributed by atoms with Crippen LogP contribution in [0.3, 0.4) is 0 Å². The summed E-state index contributed by atoms with van der Waals surface area (Å²) in [6.07, 6.45) is 1.61. The highest BCUT2D eigenvalue weighted by atomic mass is 19.1. The third-order valence-electron chi connectivity index (χ3n) is 7.62. The second kappa shape index (κ2) is 5.49. The van der Waals surface area contributed by atoms with Gasteiger partial charge in [0.1, 0.15) is 5.67 Å². The predicted molar refractivity (Wildman–Crippen MR) is 106 cm³/mol. The molecule has 4 nitrogen and oxygen atoms in total. The summed E-state index contributed by atoms with van der Waals surface area (Å²) in [7, 11) is -0.307. The van der Waals surface area contributed by atoms with Gasteiger partial charge in [0.2, 0.25) is 0 Å². The zero-order chi connectivity index (χ0) is 19.1. The number of hydrogen-bond donors (Lipinski definition) is 0. The van der Waals surface area contributed by atoms with Gasteiger partial charge in [0.25, 0.3) is 0 Å². The Bertz CT molecular complexity index is 721. The number of alkyl halides is 1. The summed E-state index contributed by atoms with van der Waals surface area (Å²) < 4.78 is 26.1. The van der Waals surface area contributed by atoms with Crippen LogP contribution in [0.4, 0.5) is 10.1 Å². The van der Waals surface area contributed by atoms with Crippen molar-refractivity contribution in [2.45, 2.75) is 57.4 Å². The summed E-state index contributed by atoms with van der Waals surface area (Å²) in [6.45, 7) is 13.3. The van der Waals surface area contributed by atoms with Crippen LogP contribution in [0.2, 0.25) is 0 Å². The van der Waals surface area contributed by atoms with Crippen LogP contribution in [-0.4, -0.2) is 61.6 Å². The molecule has 1 aromatic carbocycles. The van der Waals surface area contributed by atoms with Crippen molar-refractivity contribution >= 4 is 18.3 Å². The first kappa shape index (κ1) is 18.0. The van der Waals surface area contributed by atoms with Crippen LogP contribution in [-0.2, 0) is 9.31 Å². The molecule has 0 spiro atoms. The van der Waals surface area contributed by atoms with E-state index in [9.17, 15) is 4.39 Å². The number of halogens is 1. The summed E-state index contributed by atoms with van der Waals surface area (Å²) in [5, 5.41) is 0. The first-order valence-corrected chi connectivity index (χ1v) is 10.3. The largest absolute Gasteiger partial charge is 0.494 e. The maximum absolute atomic E-state index is 13.8. The fraction of sp³-hybridized carbons (Fsp3) is 0.714. The lowest BCUT2D eigenvalue weighted by Gasteiger charge is -2.36. The number of benzene rings is 1. The van der Waals surface area contributed by atoms with E-state index in [1.165, 1.54) is 5.69 Å². The van der Waals surface area contributed by atoms with Crippen LogP contribution >= 0.6 is 0 Å². The average Bonchev–Trinajstić information content (AvgIpc) is 3.33. The van der Waals surface area contributed by atoms with Crippen molar-refractivity contribution in [1.29, 1.82) is 0 Å². The molecule has 0 atom stereocenters. The minimum atomic E-state index is -0.770. The molecule has 4 fully saturated rings. The molecule has 2 aliphatic heterocycles. The molecule has 146 valence electrons. The summed E-state index contributed by atoms with van der Waals surface area (Å²) in [6, 6.07) is 8.58. The van der Waals surface area contributed by atoms with E-state index in [-0.39, 0.29) is 23.7 Å². The van der Waals surface area contributed by atoms with Gasteiger partial charge in [0.15, 0.2) is 0 Å². The summed E-state index contributed by atoms with van der Waals surface area (Å²) in [5.41, 5.74) is 0.967. The molecular weight excluding hydrogens is 342 g/mol. The number of rotatable bonds is 4. The number of nitrogens with zero attached hydrogens (tertiary/aromatic N) is 2. The molecule has 0 N–H and O–H groups in total. The Hall–Kier alpha value is -1.11. The minimum absolute atomic E-state index is 0.0552. The zero-order valence-electron chi connectivity index (χ0n) is 16.9. The molecule has 5 rings (SSSR count). The summed E-state index contributed by atoms with van der Waals surface area (Å²) >= 11 is 0. The first-order chi connectivity index (χ1) is 12.6. The van der Waals surface area contributed by atoms with E-state index in [4.69, 9.17) is 9.31 Å². The van der Waals surface area contributed by atoms with Gasteiger partial charge in [-0.2, -0.15) is 0 Å². The summed E-state index contributed by atoms with van der Waals surface area (Å²) in [5.74, 6) is 0. The fourth-order valence-corrected chi connectivity index (χ4v) is 4.60. The number of fused-ring (bicyclic) bond motifs is 1. The second-order valence-corrected chi connectivity index (χ2v) is 10.0. The molecule has 27 heavy (non-hydrogen) atoms. The molecule has 1 aromatic rings. The monoisotopic (exact) mass is 372 g/mol. The Labute approximate surface area is 162 Å². The van der Waals surface area contributed by atoms with Gasteiger partial charge in [-0.15, -0.1) is 0 Å². The quantitative estimate of drug-likeness (QED) is 0.759. The van der Waals surface area contributed by atoms with E-state index in [0.29, 0.717) is 0 Å². The SMILES string of the molecule is CC1(C)OB(c2ccc(N3CCN(CC45CC4(F)C5)CC3)cc2)OC1(C)C. The van der Waals surface area contributed by atoms with Gasteiger partial charge in [0.05, 0.1) is 11.2 Å². The van der Waals surface area contributed by atoms with E-state index in [0.717, 1.165) is 51.0 Å². The van der Waals surface area contributed by atoms with E-state index in [1.54, 1.807) is 0 Å². The lowest BCUT2D eigenvalue weighted by molar-refractivity contribution is 0.00578. The van der Waals surface area contributed by atoms with Gasteiger partial charge in [0, 0.05) is 43.8 Å². The Morgan fingerprint density at radius 1 is 0.926 bits per heavy atom. The maximum atomic E-state index is 13.8. The zero-order valence-corrected chi connectivity index (χ0v) is 16.9. The molecular formula is C21H30BFN2O2. The van der Waals surface area contributed by atoms with Gasteiger partial charge in [-0.3, -0.25) is 4.90 Å². The van der Waals surface area contributed by atoms with E-state index >= 15 is 0 Å². The van der Waals surface area contributed by atoms with Crippen molar-refractivity contribution < 1.29 is 13.7 Å². The molecule has 0 amide bonds. The van der Waals surface area contributed by atoms with Crippen LogP contribution in [0.15, 0.2) is 24.3 Å². The van der Waals surface area contributed by atoms with Gasteiger partial charge in [-0.25, -0.2) is 4.39 Å². The van der Waals surface area contributed by atoms with E-state index in [1.807, 2.05) is 0 Å². The smallest absolute Gasteiger partial charge is 0.399 e. The Morgan fingerprint density at radius 2 is 1.44 bits per heavy atom. The van der Waals surface area contributed by atoms with Crippen molar-refractivity contribution in [2.24, 2.45) is 5.41 Å². The number of piperazine rings is 1. The van der Waals surface area contributed by atoms with Crippen LogP contribution in [0, 0.1) is 5.41 Å². The standard InChI is InChI=1S/C21H30BFN2O2/c1-18(2)19(3,4)27-22(26-18)16-5-7-17(8-6-16)25-11-9-24(10-12-25)15-20-13-21(20,23)14-20/h5-8H,9-15H2,1-4H3. The van der Waals surface area contributed by atoms with Crippen molar-refractivity contribution in [3.63, 3.8) is 0 Å². The van der Waals surface area contributed by atoms with Gasteiger partial charge >= 0.3 is 7.12 Å². The van der Waals surface area contributed by atoms with Gasteiger partial charge < -0.3 is 14.2 Å². The molecule has 2 heterocycles. The van der Waals surface area contributed by atoms with Gasteiger partial charge in [-0.1, -0.05) is 12.1 Å². The van der Waals surface area contributed by atoms with Crippen molar-refractivity contribution in [3.05, 3.63) is 24.3 Å². The molecule has 6 heteroatoms. The Morgan fingerprint density at radius 3 is 1.93 bits per heavy atom. The molecule has 2 aliphatic carbocycles. The third kappa shape index (κ3) is 2.83. The van der Waals surface area contributed by atoms with Crippen molar-refractivity contribution in [1.82, 2.24) is 4.90 Å². The lowest BCUT2D eigenvalue weighted by Crippen LogP contribution is -2.47. The van der Waals surface area contributed by atoms with Crippen molar-refractivity contribution in [3.8, 4) is 0 Å². The minimum Gasteiger partial charge on any atom is -0.399 e. The topological polar surface area (TPSA) is 24.9 Å². The highest BCUT2D eigenvalue weighted by Crippen LogP contribution is 2.81. The normalized spacial score (nSPS) is 36.6. The highest BCUT2D eigenvalue weighted by molar-refractivity contribution is 6.62. The molecule has 0 bridgehead atoms. The highest BCUT2D eigenvalue weighted by Gasteiger charge is 2.85. The van der Waals surface area contributed by atoms with Crippen LogP contribution in [0.1, 0.15) is 40.5 Å². The third-order valence-corrected chi connectivity index (χ3v) is 7.62. The van der Waals surface area contributed by atoms with E-state index < -0.39 is 5.67 Å². The molecule has 2 saturated carbocycles. The average molecular weight is 372 g/mol. The second-order valence-electron chi connectivity index (χ2n) is 10.0. The van der Waals surface area contributed by atoms with Crippen LogP contribution in [0.5, 0.6) is 0 Å². The number of anilines is 1. The Balaban J connectivity index is 1.18. The maximum Gasteiger partial charge on any atom is 0.494 e. The Kier molecular flexibility index (Phi) is 3.65. The predicted octanol–water partition coefficient (Wildman–Crippen LogP) is 2.61. The van der Waals surface area contributed by atoms with Gasteiger partial charge in [-0.05, 0) is 58.1 Å². The van der Waals surface area contributed by atoms with E-state index in [2.05, 4.69) is 61.8 Å². The molecule has 0 aromatic heterocycles. The molecule has 0 radical (unpaired) electrons.